The number of ether oxygens (including phenoxy) is 2. The van der Waals surface area contributed by atoms with E-state index >= 15 is 0 Å². The highest BCUT2D eigenvalue weighted by Gasteiger charge is 2.34. The summed E-state index contributed by atoms with van der Waals surface area (Å²) >= 11 is 0. The van der Waals surface area contributed by atoms with E-state index in [0.717, 1.165) is 30.0 Å². The van der Waals surface area contributed by atoms with Crippen LogP contribution in [0.5, 0.6) is 17.2 Å². The molecule has 1 saturated heterocycles. The third-order valence-electron chi connectivity index (χ3n) is 5.96. The molecule has 2 aliphatic heterocycles. The first-order valence-electron chi connectivity index (χ1n) is 10.5. The standard InChI is InChI=1S/C25H29NO4/c1-15-9-16(2)13-26(12-15)14-20-21(27)10-17(3)23-24(28)22(30-25(20)23)11-18-5-7-19(29-4)8-6-18/h5-8,10-11,15-16,27H,9,12-14H2,1-4H3/b22-11+. The fourth-order valence-electron chi connectivity index (χ4n) is 4.73. The van der Waals surface area contributed by atoms with Crippen LogP contribution in [-0.2, 0) is 6.54 Å². The van der Waals surface area contributed by atoms with Gasteiger partial charge in [0.1, 0.15) is 17.2 Å². The molecule has 0 bridgehead atoms. The Morgan fingerprint density at radius 3 is 2.50 bits per heavy atom. The van der Waals surface area contributed by atoms with Crippen LogP contribution in [0.1, 0.15) is 47.3 Å². The number of aromatic hydroxyl groups is 1. The second-order valence-electron chi connectivity index (χ2n) is 8.75. The van der Waals surface area contributed by atoms with Crippen molar-refractivity contribution in [3.05, 3.63) is 58.3 Å². The topological polar surface area (TPSA) is 59.0 Å². The van der Waals surface area contributed by atoms with Gasteiger partial charge in [-0.05, 0) is 60.6 Å². The number of Topliss-reactive ketones (excluding diaryl/α,β-unsaturated/α-hetero) is 1. The number of piperidine rings is 1. The molecule has 0 aliphatic carbocycles. The molecule has 4 rings (SSSR count). The Morgan fingerprint density at radius 1 is 1.20 bits per heavy atom. The molecule has 2 aliphatic rings. The number of ketones is 1. The molecule has 0 spiro atoms. The van der Waals surface area contributed by atoms with Gasteiger partial charge in [0.25, 0.3) is 0 Å². The van der Waals surface area contributed by atoms with Crippen molar-refractivity contribution in [3.8, 4) is 17.2 Å². The Labute approximate surface area is 177 Å². The summed E-state index contributed by atoms with van der Waals surface area (Å²) in [6.45, 7) is 8.90. The van der Waals surface area contributed by atoms with Gasteiger partial charge in [0.05, 0.1) is 18.2 Å². The number of methoxy groups -OCH3 is 1. The van der Waals surface area contributed by atoms with Crippen LogP contribution in [0.25, 0.3) is 6.08 Å². The molecular formula is C25H29NO4. The smallest absolute Gasteiger partial charge is 0.232 e. The van der Waals surface area contributed by atoms with Crippen molar-refractivity contribution >= 4 is 11.9 Å². The predicted molar refractivity (Wildman–Crippen MR) is 117 cm³/mol. The summed E-state index contributed by atoms with van der Waals surface area (Å²) in [7, 11) is 1.62. The van der Waals surface area contributed by atoms with E-state index in [2.05, 4.69) is 18.7 Å². The van der Waals surface area contributed by atoms with Crippen LogP contribution in [0.3, 0.4) is 0 Å². The van der Waals surface area contributed by atoms with Gasteiger partial charge >= 0.3 is 0 Å². The van der Waals surface area contributed by atoms with Gasteiger partial charge in [-0.3, -0.25) is 9.69 Å². The van der Waals surface area contributed by atoms with Crippen LogP contribution >= 0.6 is 0 Å². The van der Waals surface area contributed by atoms with E-state index in [1.807, 2.05) is 31.2 Å². The first-order valence-corrected chi connectivity index (χ1v) is 10.5. The average molecular weight is 408 g/mol. The zero-order valence-electron chi connectivity index (χ0n) is 18.1. The first kappa shape index (κ1) is 20.5. The molecule has 1 N–H and O–H groups in total. The fourth-order valence-corrected chi connectivity index (χ4v) is 4.73. The lowest BCUT2D eigenvalue weighted by atomic mass is 9.91. The number of rotatable bonds is 4. The third-order valence-corrected chi connectivity index (χ3v) is 5.96. The fraction of sp³-hybridized carbons (Fsp3) is 0.400. The highest BCUT2D eigenvalue weighted by molar-refractivity contribution is 6.15. The zero-order valence-corrected chi connectivity index (χ0v) is 18.1. The van der Waals surface area contributed by atoms with Crippen molar-refractivity contribution in [2.24, 2.45) is 11.8 Å². The van der Waals surface area contributed by atoms with Gasteiger partial charge in [-0.1, -0.05) is 26.0 Å². The van der Waals surface area contributed by atoms with E-state index in [9.17, 15) is 9.90 Å². The van der Waals surface area contributed by atoms with Crippen LogP contribution in [0.4, 0.5) is 0 Å². The molecular weight excluding hydrogens is 378 g/mol. The quantitative estimate of drug-likeness (QED) is 0.738. The Morgan fingerprint density at radius 2 is 1.87 bits per heavy atom. The minimum atomic E-state index is -0.139. The van der Waals surface area contributed by atoms with Gasteiger partial charge in [-0.2, -0.15) is 0 Å². The molecule has 2 aromatic rings. The van der Waals surface area contributed by atoms with Gasteiger partial charge in [0.15, 0.2) is 5.76 Å². The Balaban J connectivity index is 1.66. The number of aryl methyl sites for hydroxylation is 1. The van der Waals surface area contributed by atoms with Crippen molar-refractivity contribution in [2.75, 3.05) is 20.2 Å². The summed E-state index contributed by atoms with van der Waals surface area (Å²) in [5.41, 5.74) is 2.84. The number of carbonyl (C=O) groups excluding carboxylic acids is 1. The summed E-state index contributed by atoms with van der Waals surface area (Å²) in [6.07, 6.45) is 2.96. The Bertz CT molecular complexity index is 983. The van der Waals surface area contributed by atoms with Crippen molar-refractivity contribution in [3.63, 3.8) is 0 Å². The second-order valence-corrected chi connectivity index (χ2v) is 8.75. The molecule has 2 heterocycles. The Hall–Kier alpha value is -2.79. The molecule has 0 saturated carbocycles. The molecule has 5 heteroatoms. The maximum Gasteiger partial charge on any atom is 0.232 e. The first-order chi connectivity index (χ1) is 14.4. The molecule has 1 fully saturated rings. The number of nitrogens with zero attached hydrogens (tertiary/aromatic N) is 1. The number of hydrogen-bond acceptors (Lipinski definition) is 5. The molecule has 2 aromatic carbocycles. The lowest BCUT2D eigenvalue weighted by Crippen LogP contribution is -2.38. The molecule has 5 nitrogen and oxygen atoms in total. The minimum Gasteiger partial charge on any atom is -0.507 e. The van der Waals surface area contributed by atoms with Gasteiger partial charge in [0.2, 0.25) is 5.78 Å². The number of phenolic OH excluding ortho intramolecular Hbond substituents is 1. The maximum absolute atomic E-state index is 13.1. The number of benzene rings is 2. The van der Waals surface area contributed by atoms with Crippen LogP contribution in [-0.4, -0.2) is 36.0 Å². The lowest BCUT2D eigenvalue weighted by molar-refractivity contribution is 0.101. The number of likely N-dealkylation sites (tertiary alicyclic amines) is 1. The second kappa shape index (κ2) is 8.15. The largest absolute Gasteiger partial charge is 0.507 e. The van der Waals surface area contributed by atoms with E-state index in [-0.39, 0.29) is 17.3 Å². The van der Waals surface area contributed by atoms with Gasteiger partial charge in [0, 0.05) is 19.6 Å². The summed E-state index contributed by atoms with van der Waals surface area (Å²) in [5.74, 6) is 2.82. The molecule has 2 atom stereocenters. The predicted octanol–water partition coefficient (Wildman–Crippen LogP) is 4.80. The molecule has 0 amide bonds. The van der Waals surface area contributed by atoms with Gasteiger partial charge in [-0.15, -0.1) is 0 Å². The molecule has 0 radical (unpaired) electrons. The van der Waals surface area contributed by atoms with Crippen LogP contribution in [0.2, 0.25) is 0 Å². The monoisotopic (exact) mass is 407 g/mol. The third kappa shape index (κ3) is 3.94. The molecule has 158 valence electrons. The number of fused-ring (bicyclic) bond motifs is 1. The van der Waals surface area contributed by atoms with E-state index < -0.39 is 0 Å². The lowest BCUT2D eigenvalue weighted by Gasteiger charge is -2.35. The van der Waals surface area contributed by atoms with Crippen LogP contribution in [0, 0.1) is 18.8 Å². The normalized spacial score (nSPS) is 22.8. The number of carbonyl (C=O) groups is 1. The van der Waals surface area contributed by atoms with E-state index in [0.29, 0.717) is 35.3 Å². The number of hydrogen-bond donors (Lipinski definition) is 1. The highest BCUT2D eigenvalue weighted by Crippen LogP contribution is 2.42. The minimum absolute atomic E-state index is 0.139. The van der Waals surface area contributed by atoms with Crippen LogP contribution in [0.15, 0.2) is 36.1 Å². The van der Waals surface area contributed by atoms with Crippen molar-refractivity contribution < 1.29 is 19.4 Å². The highest BCUT2D eigenvalue weighted by atomic mass is 16.5. The van der Waals surface area contributed by atoms with E-state index in [1.54, 1.807) is 19.3 Å². The summed E-state index contributed by atoms with van der Waals surface area (Å²) in [5, 5.41) is 10.7. The molecule has 30 heavy (non-hydrogen) atoms. The Kier molecular flexibility index (Phi) is 5.56. The van der Waals surface area contributed by atoms with Crippen molar-refractivity contribution in [2.45, 2.75) is 33.7 Å². The maximum atomic E-state index is 13.1. The average Bonchev–Trinajstić information content (AvgIpc) is 3.01. The van der Waals surface area contributed by atoms with E-state index in [4.69, 9.17) is 9.47 Å². The van der Waals surface area contributed by atoms with E-state index in [1.165, 1.54) is 6.42 Å². The number of phenols is 1. The molecule has 0 aromatic heterocycles. The summed E-state index contributed by atoms with van der Waals surface area (Å²) in [4.78, 5) is 15.4. The number of allylic oxidation sites excluding steroid dienone is 1. The SMILES string of the molecule is COc1ccc(/C=C2/Oc3c(CN4CC(C)CC(C)C4)c(O)cc(C)c3C2=O)cc1. The van der Waals surface area contributed by atoms with Crippen LogP contribution < -0.4 is 9.47 Å². The summed E-state index contributed by atoms with van der Waals surface area (Å²) < 4.78 is 11.3. The molecule has 2 unspecified atom stereocenters. The van der Waals surface area contributed by atoms with Gasteiger partial charge < -0.3 is 14.6 Å². The van der Waals surface area contributed by atoms with Crippen molar-refractivity contribution in [1.82, 2.24) is 4.90 Å². The summed E-state index contributed by atoms with van der Waals surface area (Å²) in [6, 6.07) is 9.14. The van der Waals surface area contributed by atoms with Gasteiger partial charge in [-0.25, -0.2) is 0 Å². The van der Waals surface area contributed by atoms with Crippen molar-refractivity contribution in [1.29, 1.82) is 0 Å². The zero-order chi connectivity index (χ0) is 21.4.